The molecule has 2 atom stereocenters. The van der Waals surface area contributed by atoms with Crippen molar-refractivity contribution < 1.29 is 9.53 Å². The Hall–Kier alpha value is -3.28. The molecule has 2 aromatic heterocycles. The highest BCUT2D eigenvalue weighted by Gasteiger charge is 2.22. The van der Waals surface area contributed by atoms with Crippen LogP contribution >= 0.6 is 0 Å². The van der Waals surface area contributed by atoms with E-state index in [-0.39, 0.29) is 18.1 Å². The van der Waals surface area contributed by atoms with E-state index >= 15 is 0 Å². The number of rotatable bonds is 7. The number of hydrogen-bond acceptors (Lipinski definition) is 6. The number of aryl methyl sites for hydroxylation is 2. The van der Waals surface area contributed by atoms with Crippen molar-refractivity contribution in [2.24, 2.45) is 0 Å². The van der Waals surface area contributed by atoms with Gasteiger partial charge in [0, 0.05) is 44.0 Å². The third kappa shape index (κ3) is 5.44. The number of nitriles is 1. The van der Waals surface area contributed by atoms with Crippen molar-refractivity contribution in [2.45, 2.75) is 65.8 Å². The van der Waals surface area contributed by atoms with Crippen LogP contribution in [0.4, 0.5) is 0 Å². The minimum Gasteiger partial charge on any atom is -0.373 e. The van der Waals surface area contributed by atoms with E-state index < -0.39 is 0 Å². The standard InChI is InChI=1S/C26H32N6O2/c1-17-14-31(15-18(2)34-17)16-22-7-5-21(6-8-22)12-28-25(33)10-9-24-19(3)30-26-23(11-27)13-29-32(26)20(24)4/h5-8,13,17-18H,9-10,12,14-16H2,1-4H3,(H,28,33). The third-order valence-electron chi connectivity index (χ3n) is 6.35. The fourth-order valence-corrected chi connectivity index (χ4v) is 4.71. The lowest BCUT2D eigenvalue weighted by Crippen LogP contribution is -2.44. The minimum absolute atomic E-state index is 0.00237. The van der Waals surface area contributed by atoms with Crippen molar-refractivity contribution in [2.75, 3.05) is 13.1 Å². The summed E-state index contributed by atoms with van der Waals surface area (Å²) in [6, 6.07) is 10.6. The number of morpholine rings is 1. The summed E-state index contributed by atoms with van der Waals surface area (Å²) < 4.78 is 7.49. The molecule has 4 rings (SSSR count). The Morgan fingerprint density at radius 2 is 1.85 bits per heavy atom. The number of carbonyl (C=O) groups excluding carboxylic acids is 1. The van der Waals surface area contributed by atoms with E-state index in [1.807, 2.05) is 13.8 Å². The van der Waals surface area contributed by atoms with Gasteiger partial charge in [0.15, 0.2) is 5.65 Å². The number of fused-ring (bicyclic) bond motifs is 1. The van der Waals surface area contributed by atoms with E-state index in [9.17, 15) is 10.1 Å². The summed E-state index contributed by atoms with van der Waals surface area (Å²) in [5, 5.41) is 16.5. The normalized spacial score (nSPS) is 18.7. The maximum Gasteiger partial charge on any atom is 0.220 e. The van der Waals surface area contributed by atoms with Crippen molar-refractivity contribution in [3.05, 3.63) is 64.1 Å². The second kappa shape index (κ2) is 10.3. The second-order valence-corrected chi connectivity index (χ2v) is 9.21. The highest BCUT2D eigenvalue weighted by molar-refractivity contribution is 5.76. The van der Waals surface area contributed by atoms with Crippen LogP contribution in [-0.2, 0) is 29.0 Å². The first-order valence-electron chi connectivity index (χ1n) is 11.8. The molecule has 0 bridgehead atoms. The van der Waals surface area contributed by atoms with Crippen molar-refractivity contribution in [3.63, 3.8) is 0 Å². The molecule has 1 saturated heterocycles. The Bertz CT molecular complexity index is 1200. The van der Waals surface area contributed by atoms with Crippen LogP contribution in [0.2, 0.25) is 0 Å². The smallest absolute Gasteiger partial charge is 0.220 e. The van der Waals surface area contributed by atoms with Crippen LogP contribution < -0.4 is 5.32 Å². The monoisotopic (exact) mass is 460 g/mol. The fraction of sp³-hybridized carbons (Fsp3) is 0.462. The van der Waals surface area contributed by atoms with Crippen LogP contribution in [0.1, 0.15) is 53.9 Å². The number of carbonyl (C=O) groups is 1. The van der Waals surface area contributed by atoms with E-state index in [1.54, 1.807) is 4.52 Å². The average molecular weight is 461 g/mol. The van der Waals surface area contributed by atoms with Gasteiger partial charge < -0.3 is 10.1 Å². The number of aromatic nitrogens is 3. The topological polar surface area (TPSA) is 95.6 Å². The van der Waals surface area contributed by atoms with Gasteiger partial charge in [-0.05, 0) is 50.8 Å². The summed E-state index contributed by atoms with van der Waals surface area (Å²) in [7, 11) is 0. The average Bonchev–Trinajstić information content (AvgIpc) is 3.20. The lowest BCUT2D eigenvalue weighted by molar-refractivity contribution is -0.121. The van der Waals surface area contributed by atoms with E-state index in [0.717, 1.165) is 42.1 Å². The molecular formula is C26H32N6O2. The molecule has 1 aliphatic heterocycles. The number of benzene rings is 1. The zero-order chi connectivity index (χ0) is 24.2. The molecule has 8 nitrogen and oxygen atoms in total. The van der Waals surface area contributed by atoms with Gasteiger partial charge >= 0.3 is 0 Å². The van der Waals surface area contributed by atoms with Crippen LogP contribution in [0, 0.1) is 25.2 Å². The first-order valence-corrected chi connectivity index (χ1v) is 11.8. The van der Waals surface area contributed by atoms with E-state index in [4.69, 9.17) is 4.74 Å². The largest absolute Gasteiger partial charge is 0.373 e. The Balaban J connectivity index is 1.29. The summed E-state index contributed by atoms with van der Waals surface area (Å²) in [6.45, 7) is 11.4. The molecule has 1 aromatic carbocycles. The number of hydrogen-bond donors (Lipinski definition) is 1. The van der Waals surface area contributed by atoms with Gasteiger partial charge in [0.25, 0.3) is 0 Å². The maximum atomic E-state index is 12.5. The first kappa shape index (κ1) is 23.9. The molecular weight excluding hydrogens is 428 g/mol. The van der Waals surface area contributed by atoms with Crippen LogP contribution in [-0.4, -0.2) is 50.7 Å². The Labute approximate surface area is 200 Å². The quantitative estimate of drug-likeness (QED) is 0.582. The summed E-state index contributed by atoms with van der Waals surface area (Å²) in [6.07, 6.45) is 2.99. The summed E-state index contributed by atoms with van der Waals surface area (Å²) in [4.78, 5) is 19.5. The number of nitrogens with one attached hydrogen (secondary N) is 1. The van der Waals surface area contributed by atoms with Crippen LogP contribution in [0.3, 0.4) is 0 Å². The number of ether oxygens (including phenoxy) is 1. The molecule has 1 aliphatic rings. The zero-order valence-corrected chi connectivity index (χ0v) is 20.3. The van der Waals surface area contributed by atoms with Gasteiger partial charge in [-0.25, -0.2) is 9.50 Å². The van der Waals surface area contributed by atoms with Gasteiger partial charge in [-0.1, -0.05) is 24.3 Å². The molecule has 0 spiro atoms. The van der Waals surface area contributed by atoms with Crippen molar-refractivity contribution in [3.8, 4) is 6.07 Å². The zero-order valence-electron chi connectivity index (χ0n) is 20.3. The molecule has 178 valence electrons. The molecule has 3 heterocycles. The van der Waals surface area contributed by atoms with Crippen LogP contribution in [0.5, 0.6) is 0 Å². The third-order valence-corrected chi connectivity index (χ3v) is 6.35. The van der Waals surface area contributed by atoms with Crippen LogP contribution in [0.15, 0.2) is 30.5 Å². The predicted molar refractivity (Wildman–Crippen MR) is 129 cm³/mol. The molecule has 1 amide bonds. The Morgan fingerprint density at radius 3 is 2.53 bits per heavy atom. The van der Waals surface area contributed by atoms with Gasteiger partial charge in [0.1, 0.15) is 11.6 Å². The lowest BCUT2D eigenvalue weighted by atomic mass is 10.1. The molecule has 0 saturated carbocycles. The molecule has 3 aromatic rings. The molecule has 1 N–H and O–H groups in total. The van der Waals surface area contributed by atoms with Gasteiger partial charge in [-0.3, -0.25) is 9.69 Å². The molecule has 8 heteroatoms. The lowest BCUT2D eigenvalue weighted by Gasteiger charge is -2.35. The summed E-state index contributed by atoms with van der Waals surface area (Å²) in [5.74, 6) is -0.00237. The molecule has 1 fully saturated rings. The molecule has 0 radical (unpaired) electrons. The van der Waals surface area contributed by atoms with Crippen LogP contribution in [0.25, 0.3) is 5.65 Å². The van der Waals surface area contributed by atoms with Crippen molar-refractivity contribution in [1.29, 1.82) is 5.26 Å². The summed E-state index contributed by atoms with van der Waals surface area (Å²) in [5.41, 5.74) is 6.10. The van der Waals surface area contributed by atoms with Gasteiger partial charge in [-0.15, -0.1) is 0 Å². The predicted octanol–water partition coefficient (Wildman–Crippen LogP) is 3.08. The minimum atomic E-state index is -0.00237. The highest BCUT2D eigenvalue weighted by Crippen LogP contribution is 2.18. The van der Waals surface area contributed by atoms with Gasteiger partial charge in [0.05, 0.1) is 18.4 Å². The Kier molecular flexibility index (Phi) is 7.25. The highest BCUT2D eigenvalue weighted by atomic mass is 16.5. The van der Waals surface area contributed by atoms with E-state index in [2.05, 4.69) is 64.5 Å². The number of amides is 1. The Morgan fingerprint density at radius 1 is 1.18 bits per heavy atom. The molecule has 0 aliphatic carbocycles. The van der Waals surface area contributed by atoms with E-state index in [1.165, 1.54) is 11.8 Å². The first-order chi connectivity index (χ1) is 16.3. The number of nitrogens with zero attached hydrogens (tertiary/aromatic N) is 5. The molecule has 2 unspecified atom stereocenters. The van der Waals surface area contributed by atoms with Crippen molar-refractivity contribution >= 4 is 11.6 Å². The molecule has 34 heavy (non-hydrogen) atoms. The second-order valence-electron chi connectivity index (χ2n) is 9.21. The SMILES string of the molecule is Cc1nc2c(C#N)cnn2c(C)c1CCC(=O)NCc1ccc(CN2CC(C)OC(C)C2)cc1. The van der Waals surface area contributed by atoms with E-state index in [0.29, 0.717) is 30.6 Å². The fourth-order valence-electron chi connectivity index (χ4n) is 4.71. The van der Waals surface area contributed by atoms with Gasteiger partial charge in [-0.2, -0.15) is 10.4 Å². The maximum absolute atomic E-state index is 12.5. The summed E-state index contributed by atoms with van der Waals surface area (Å²) >= 11 is 0. The van der Waals surface area contributed by atoms with Crippen molar-refractivity contribution in [1.82, 2.24) is 24.8 Å². The van der Waals surface area contributed by atoms with Gasteiger partial charge in [0.2, 0.25) is 5.91 Å².